The largest absolute Gasteiger partial charge is 0.349 e. The number of carbonyl (C=O) groups is 1. The van der Waals surface area contributed by atoms with Gasteiger partial charge in [-0.15, -0.1) is 28.9 Å². The van der Waals surface area contributed by atoms with Crippen LogP contribution in [0.25, 0.3) is 5.70 Å². The minimum atomic E-state index is -0.519. The quantitative estimate of drug-likeness (QED) is 0.499. The van der Waals surface area contributed by atoms with Crippen LogP contribution in [-0.2, 0) is 37.5 Å². The molecule has 0 N–H and O–H groups in total. The van der Waals surface area contributed by atoms with Gasteiger partial charge in [-0.1, -0.05) is 44.5 Å². The van der Waals surface area contributed by atoms with Gasteiger partial charge in [0.05, 0.1) is 0 Å². The van der Waals surface area contributed by atoms with Gasteiger partial charge in [-0.25, -0.2) is 6.08 Å². The van der Waals surface area contributed by atoms with E-state index in [1.807, 2.05) is 6.07 Å². The molecule has 1 heterocycles. The van der Waals surface area contributed by atoms with Crippen LogP contribution in [0.1, 0.15) is 12.0 Å². The molecule has 1 aliphatic heterocycles. The van der Waals surface area contributed by atoms with E-state index in [-0.39, 0.29) is 38.6 Å². The number of allylic oxidation sites excluding steroid dienone is 1. The molecular formula is C12H9BrCl2NOY-. The maximum Gasteiger partial charge on any atom is 0.240 e. The van der Waals surface area contributed by atoms with E-state index in [0.717, 1.165) is 15.7 Å². The molecule has 0 aliphatic carbocycles. The smallest absolute Gasteiger partial charge is 0.240 e. The number of benzene rings is 1. The van der Waals surface area contributed by atoms with Crippen molar-refractivity contribution in [3.63, 3.8) is 0 Å². The Kier molecular flexibility index (Phi) is 6.34. The number of alkyl halides is 1. The van der Waals surface area contributed by atoms with E-state index >= 15 is 0 Å². The predicted octanol–water partition coefficient (Wildman–Crippen LogP) is 3.71. The number of amides is 1. The molecule has 0 fully saturated rings. The van der Waals surface area contributed by atoms with Crippen molar-refractivity contribution in [2.24, 2.45) is 0 Å². The number of hydrogen-bond donors (Lipinski definition) is 0. The molecule has 0 saturated carbocycles. The standard InChI is InChI=1S/C12H9BrCl2NO.Y/c1-16-11(5-4-10(15)12(16)17)8-3-2-7(14)6-9(8)13;/h2-3,6,10H,4H2,1H3;/q-1;. The van der Waals surface area contributed by atoms with Crippen LogP contribution in [0.3, 0.4) is 0 Å². The molecule has 0 saturated heterocycles. The van der Waals surface area contributed by atoms with Gasteiger partial charge in [-0.3, -0.25) is 4.79 Å². The van der Waals surface area contributed by atoms with E-state index in [2.05, 4.69) is 22.0 Å². The summed E-state index contributed by atoms with van der Waals surface area (Å²) in [5, 5.41) is 0.121. The van der Waals surface area contributed by atoms with Gasteiger partial charge in [0.25, 0.3) is 0 Å². The number of rotatable bonds is 1. The zero-order valence-corrected chi connectivity index (χ0v) is 15.5. The summed E-state index contributed by atoms with van der Waals surface area (Å²) in [6.07, 6.45) is 3.57. The molecule has 1 atom stereocenters. The second kappa shape index (κ2) is 6.85. The molecule has 0 bridgehead atoms. The Labute approximate surface area is 150 Å². The number of nitrogens with zero attached hydrogens (tertiary/aromatic N) is 1. The molecule has 2 nitrogen and oxygen atoms in total. The average Bonchev–Trinajstić information content (AvgIpc) is 2.28. The van der Waals surface area contributed by atoms with Crippen molar-refractivity contribution in [2.45, 2.75) is 11.8 Å². The third-order valence-corrected chi connectivity index (χ3v) is 3.80. The van der Waals surface area contributed by atoms with E-state index in [0.29, 0.717) is 11.4 Å². The summed E-state index contributed by atoms with van der Waals surface area (Å²) in [7, 11) is 1.69. The fraction of sp³-hybridized carbons (Fsp3) is 0.250. The number of hydrogen-bond acceptors (Lipinski definition) is 1. The third-order valence-electron chi connectivity index (χ3n) is 2.57. The van der Waals surface area contributed by atoms with Crippen molar-refractivity contribution in [3.05, 3.63) is 39.3 Å². The van der Waals surface area contributed by atoms with Crippen LogP contribution in [-0.4, -0.2) is 23.2 Å². The van der Waals surface area contributed by atoms with E-state index in [1.165, 1.54) is 4.90 Å². The Morgan fingerprint density at radius 3 is 2.78 bits per heavy atom. The van der Waals surface area contributed by atoms with E-state index in [4.69, 9.17) is 23.2 Å². The Bertz CT molecular complexity index is 507. The van der Waals surface area contributed by atoms with E-state index in [1.54, 1.807) is 19.2 Å². The minimum Gasteiger partial charge on any atom is -0.349 e. The summed E-state index contributed by atoms with van der Waals surface area (Å²) in [5.74, 6) is -0.109. The normalized spacial score (nSPS) is 19.3. The molecule has 0 aromatic heterocycles. The molecule has 1 unspecified atom stereocenters. The molecule has 18 heavy (non-hydrogen) atoms. The van der Waals surface area contributed by atoms with Gasteiger partial charge in [-0.05, 0) is 6.07 Å². The molecule has 6 heteroatoms. The van der Waals surface area contributed by atoms with E-state index < -0.39 is 5.38 Å². The summed E-state index contributed by atoms with van der Waals surface area (Å²) in [6.45, 7) is 0. The summed E-state index contributed by atoms with van der Waals surface area (Å²) >= 11 is 15.2. The molecule has 1 aliphatic rings. The van der Waals surface area contributed by atoms with Gasteiger partial charge in [0.2, 0.25) is 5.91 Å². The first kappa shape index (κ1) is 16.6. The van der Waals surface area contributed by atoms with Gasteiger partial charge in [0.1, 0.15) is 5.38 Å². The maximum atomic E-state index is 11.8. The Morgan fingerprint density at radius 1 is 1.50 bits per heavy atom. The molecule has 93 valence electrons. The van der Waals surface area contributed by atoms with Gasteiger partial charge < -0.3 is 4.90 Å². The van der Waals surface area contributed by atoms with Crippen molar-refractivity contribution in [2.75, 3.05) is 7.05 Å². The van der Waals surface area contributed by atoms with Crippen molar-refractivity contribution in [1.82, 2.24) is 4.90 Å². The maximum absolute atomic E-state index is 11.8. The molecule has 1 amide bonds. The molecule has 2 rings (SSSR count). The summed E-state index contributed by atoms with van der Waals surface area (Å²) < 4.78 is 0.833. The predicted molar refractivity (Wildman–Crippen MR) is 72.8 cm³/mol. The third kappa shape index (κ3) is 3.37. The molecule has 0 spiro atoms. The second-order valence-electron chi connectivity index (χ2n) is 3.72. The van der Waals surface area contributed by atoms with Crippen molar-refractivity contribution < 1.29 is 37.5 Å². The molecular weight excluding hydrogens is 414 g/mol. The topological polar surface area (TPSA) is 20.3 Å². The summed E-state index contributed by atoms with van der Waals surface area (Å²) in [5.41, 5.74) is 1.62. The Hall–Kier alpha value is 0.594. The fourth-order valence-corrected chi connectivity index (χ4v) is 2.76. The second-order valence-corrected chi connectivity index (χ2v) is 5.54. The summed E-state index contributed by atoms with van der Waals surface area (Å²) in [4.78, 5) is 13.3. The first-order valence-electron chi connectivity index (χ1n) is 4.98. The van der Waals surface area contributed by atoms with E-state index in [9.17, 15) is 4.79 Å². The zero-order valence-electron chi connectivity index (χ0n) is 9.58. The SMILES string of the molecule is CN1C(=O)C(Cl)C[C-]=C1c1ccc(Cl)cc1Br.[Y]. The fourth-order valence-electron chi connectivity index (χ4n) is 1.67. The van der Waals surface area contributed by atoms with Crippen molar-refractivity contribution >= 4 is 50.7 Å². The van der Waals surface area contributed by atoms with Crippen LogP contribution in [0, 0.1) is 6.08 Å². The number of carbonyl (C=O) groups excluding carboxylic acids is 1. The molecule has 1 aromatic rings. The molecule has 1 aromatic carbocycles. The van der Waals surface area contributed by atoms with Crippen LogP contribution in [0.5, 0.6) is 0 Å². The van der Waals surface area contributed by atoms with Crippen molar-refractivity contribution in [1.29, 1.82) is 0 Å². The zero-order chi connectivity index (χ0) is 12.6. The van der Waals surface area contributed by atoms with Crippen LogP contribution in [0.2, 0.25) is 5.02 Å². The monoisotopic (exact) mass is 421 g/mol. The average molecular weight is 423 g/mol. The van der Waals surface area contributed by atoms with Gasteiger partial charge >= 0.3 is 0 Å². The minimum absolute atomic E-state index is 0. The van der Waals surface area contributed by atoms with Gasteiger partial charge in [0, 0.05) is 44.8 Å². The van der Waals surface area contributed by atoms with Crippen molar-refractivity contribution in [3.8, 4) is 0 Å². The van der Waals surface area contributed by atoms with Crippen LogP contribution < -0.4 is 0 Å². The molecule has 1 radical (unpaired) electrons. The van der Waals surface area contributed by atoms with Gasteiger partial charge in [-0.2, -0.15) is 0 Å². The van der Waals surface area contributed by atoms with Crippen LogP contribution in [0.15, 0.2) is 22.7 Å². The van der Waals surface area contributed by atoms with Crippen LogP contribution in [0.4, 0.5) is 0 Å². The first-order valence-corrected chi connectivity index (χ1v) is 6.59. The Balaban J connectivity index is 0.00000162. The Morgan fingerprint density at radius 2 is 2.17 bits per heavy atom. The number of halogens is 3. The first-order chi connectivity index (χ1) is 8.00. The van der Waals surface area contributed by atoms with Gasteiger partial charge in [0.15, 0.2) is 0 Å². The summed E-state index contributed by atoms with van der Waals surface area (Å²) in [6, 6.07) is 5.42. The van der Waals surface area contributed by atoms with Crippen LogP contribution >= 0.6 is 39.1 Å².